The Morgan fingerprint density at radius 2 is 1.88 bits per heavy atom. The van der Waals surface area contributed by atoms with Crippen LogP contribution in [0.2, 0.25) is 0 Å². The number of rotatable bonds is 3. The maximum Gasteiger partial charge on any atom is 0.254 e. The lowest BCUT2D eigenvalue weighted by Crippen LogP contribution is -2.46. The average Bonchev–Trinajstić information content (AvgIpc) is 3.23. The summed E-state index contributed by atoms with van der Waals surface area (Å²) in [5, 5.41) is 3.57. The van der Waals surface area contributed by atoms with Gasteiger partial charge in [-0.2, -0.15) is 0 Å². The molecule has 0 aliphatic carbocycles. The minimum atomic E-state index is 0.135. The van der Waals surface area contributed by atoms with Gasteiger partial charge in [0, 0.05) is 50.5 Å². The summed E-state index contributed by atoms with van der Waals surface area (Å²) in [7, 11) is 0. The van der Waals surface area contributed by atoms with Crippen molar-refractivity contribution < 1.29 is 4.79 Å². The van der Waals surface area contributed by atoms with Gasteiger partial charge in [-0.1, -0.05) is 30.3 Å². The van der Waals surface area contributed by atoms with Crippen molar-refractivity contribution in [2.24, 2.45) is 0 Å². The van der Waals surface area contributed by atoms with E-state index < -0.39 is 0 Å². The number of hydrogen-bond acceptors (Lipinski definition) is 4. The molecule has 25 heavy (non-hydrogen) atoms. The van der Waals surface area contributed by atoms with E-state index in [4.69, 9.17) is 0 Å². The Balaban J connectivity index is 1.51. The van der Waals surface area contributed by atoms with Gasteiger partial charge in [0.1, 0.15) is 5.82 Å². The molecule has 3 heterocycles. The molecule has 1 N–H and O–H groups in total. The molecule has 1 aromatic heterocycles. The molecule has 1 aromatic carbocycles. The van der Waals surface area contributed by atoms with Gasteiger partial charge in [0.25, 0.3) is 5.91 Å². The lowest BCUT2D eigenvalue weighted by molar-refractivity contribution is 0.0792. The summed E-state index contributed by atoms with van der Waals surface area (Å²) in [6.45, 7) is 4.42. The number of likely N-dealkylation sites (tertiary alicyclic amines) is 1. The highest BCUT2D eigenvalue weighted by atomic mass is 16.2. The molecule has 2 saturated heterocycles. The molecule has 2 aliphatic rings. The van der Waals surface area contributed by atoms with Crippen LogP contribution in [0.4, 0.5) is 5.82 Å². The van der Waals surface area contributed by atoms with Crippen LogP contribution in [0, 0.1) is 0 Å². The number of hydrogen-bond donors (Lipinski definition) is 1. The number of carbonyl (C=O) groups is 1. The van der Waals surface area contributed by atoms with E-state index in [-0.39, 0.29) is 11.9 Å². The number of piperazine rings is 1. The zero-order valence-corrected chi connectivity index (χ0v) is 14.4. The first-order valence-electron chi connectivity index (χ1n) is 9.10. The van der Waals surface area contributed by atoms with Crippen LogP contribution in [0.5, 0.6) is 0 Å². The second-order valence-corrected chi connectivity index (χ2v) is 6.77. The van der Waals surface area contributed by atoms with Crippen molar-refractivity contribution in [2.45, 2.75) is 18.9 Å². The smallest absolute Gasteiger partial charge is 0.254 e. The summed E-state index contributed by atoms with van der Waals surface area (Å²) >= 11 is 0. The van der Waals surface area contributed by atoms with Gasteiger partial charge >= 0.3 is 0 Å². The summed E-state index contributed by atoms with van der Waals surface area (Å²) in [4.78, 5) is 21.4. The van der Waals surface area contributed by atoms with E-state index in [1.807, 2.05) is 23.1 Å². The average molecular weight is 336 g/mol. The molecule has 0 radical (unpaired) electrons. The lowest BCUT2D eigenvalue weighted by atomic mass is 10.0. The van der Waals surface area contributed by atoms with Crippen LogP contribution in [0.3, 0.4) is 0 Å². The maximum atomic E-state index is 12.6. The van der Waals surface area contributed by atoms with E-state index in [1.54, 1.807) is 6.20 Å². The van der Waals surface area contributed by atoms with Crippen molar-refractivity contribution in [3.8, 4) is 0 Å². The first kappa shape index (κ1) is 16.1. The topological polar surface area (TPSA) is 48.5 Å². The largest absolute Gasteiger partial charge is 0.353 e. The summed E-state index contributed by atoms with van der Waals surface area (Å²) < 4.78 is 0. The third-order valence-corrected chi connectivity index (χ3v) is 5.09. The fraction of sp³-hybridized carbons (Fsp3) is 0.400. The second kappa shape index (κ2) is 7.23. The fourth-order valence-corrected chi connectivity index (χ4v) is 3.69. The van der Waals surface area contributed by atoms with Crippen molar-refractivity contribution in [3.63, 3.8) is 0 Å². The van der Waals surface area contributed by atoms with Gasteiger partial charge in [0.2, 0.25) is 0 Å². The molecular weight excluding hydrogens is 312 g/mol. The molecule has 2 aliphatic heterocycles. The molecular formula is C20H24N4O. The Hall–Kier alpha value is -2.40. The van der Waals surface area contributed by atoms with Gasteiger partial charge in [-0.3, -0.25) is 4.79 Å². The number of nitrogens with one attached hydrogen (secondary N) is 1. The summed E-state index contributed by atoms with van der Waals surface area (Å²) in [6, 6.07) is 14.6. The molecule has 0 unspecified atom stereocenters. The number of anilines is 1. The van der Waals surface area contributed by atoms with Crippen molar-refractivity contribution in [2.75, 3.05) is 37.6 Å². The predicted molar refractivity (Wildman–Crippen MR) is 98.8 cm³/mol. The van der Waals surface area contributed by atoms with E-state index in [1.165, 1.54) is 5.56 Å². The van der Waals surface area contributed by atoms with Gasteiger partial charge in [0.15, 0.2) is 0 Å². The Kier molecular flexibility index (Phi) is 4.65. The van der Waals surface area contributed by atoms with Gasteiger partial charge in [-0.15, -0.1) is 0 Å². The summed E-state index contributed by atoms with van der Waals surface area (Å²) in [5.41, 5.74) is 2.04. The molecule has 5 nitrogen and oxygen atoms in total. The molecule has 1 amide bonds. The molecule has 0 spiro atoms. The lowest BCUT2D eigenvalue weighted by Gasteiger charge is -2.35. The predicted octanol–water partition coefficient (Wildman–Crippen LogP) is 2.47. The molecule has 0 saturated carbocycles. The number of pyridine rings is 1. The Bertz CT molecular complexity index is 727. The first-order chi connectivity index (χ1) is 12.3. The van der Waals surface area contributed by atoms with Crippen LogP contribution >= 0.6 is 0 Å². The molecule has 2 fully saturated rings. The molecule has 1 atom stereocenters. The Morgan fingerprint density at radius 3 is 2.68 bits per heavy atom. The van der Waals surface area contributed by atoms with E-state index in [2.05, 4.69) is 39.5 Å². The standard InChI is InChI=1S/C20H24N4O/c25-20(23-11-4-5-12-23)17-8-9-22-19(14-17)24-13-10-21-18(15-24)16-6-2-1-3-7-16/h1-3,6-9,14,18,21H,4-5,10-13,15H2/t18-/m0/s1. The molecule has 2 aromatic rings. The molecule has 4 rings (SSSR count). The van der Waals surface area contributed by atoms with Crippen LogP contribution in [0.15, 0.2) is 48.7 Å². The zero-order chi connectivity index (χ0) is 17.1. The number of benzene rings is 1. The van der Waals surface area contributed by atoms with Crippen molar-refractivity contribution >= 4 is 11.7 Å². The van der Waals surface area contributed by atoms with E-state index >= 15 is 0 Å². The van der Waals surface area contributed by atoms with Crippen molar-refractivity contribution in [1.82, 2.24) is 15.2 Å². The molecule has 130 valence electrons. The van der Waals surface area contributed by atoms with Gasteiger partial charge in [-0.25, -0.2) is 4.98 Å². The van der Waals surface area contributed by atoms with E-state index in [0.29, 0.717) is 0 Å². The number of aromatic nitrogens is 1. The Morgan fingerprint density at radius 1 is 1.08 bits per heavy atom. The quantitative estimate of drug-likeness (QED) is 0.935. The van der Waals surface area contributed by atoms with E-state index in [0.717, 1.165) is 56.9 Å². The second-order valence-electron chi connectivity index (χ2n) is 6.77. The third-order valence-electron chi connectivity index (χ3n) is 5.09. The van der Waals surface area contributed by atoms with Gasteiger partial charge < -0.3 is 15.1 Å². The monoisotopic (exact) mass is 336 g/mol. The molecule has 5 heteroatoms. The maximum absolute atomic E-state index is 12.6. The van der Waals surface area contributed by atoms with Crippen molar-refractivity contribution in [1.29, 1.82) is 0 Å². The number of carbonyl (C=O) groups excluding carboxylic acids is 1. The van der Waals surface area contributed by atoms with Crippen LogP contribution < -0.4 is 10.2 Å². The highest BCUT2D eigenvalue weighted by Gasteiger charge is 2.24. The van der Waals surface area contributed by atoms with E-state index in [9.17, 15) is 4.79 Å². The number of nitrogens with zero attached hydrogens (tertiary/aromatic N) is 3. The SMILES string of the molecule is O=C(c1ccnc(N2CCN[C@H](c3ccccc3)C2)c1)N1CCCC1. The molecule has 0 bridgehead atoms. The van der Waals surface area contributed by atoms with Crippen LogP contribution in [-0.4, -0.2) is 48.5 Å². The van der Waals surface area contributed by atoms with Crippen LogP contribution in [0.1, 0.15) is 34.8 Å². The summed E-state index contributed by atoms with van der Waals surface area (Å²) in [6.07, 6.45) is 3.98. The van der Waals surface area contributed by atoms with Gasteiger partial charge in [-0.05, 0) is 30.5 Å². The van der Waals surface area contributed by atoms with Crippen LogP contribution in [0.25, 0.3) is 0 Å². The summed E-state index contributed by atoms with van der Waals surface area (Å²) in [5.74, 6) is 1.03. The minimum Gasteiger partial charge on any atom is -0.353 e. The Labute approximate surface area is 148 Å². The minimum absolute atomic E-state index is 0.135. The highest BCUT2D eigenvalue weighted by Crippen LogP contribution is 2.22. The fourth-order valence-electron chi connectivity index (χ4n) is 3.69. The highest BCUT2D eigenvalue weighted by molar-refractivity contribution is 5.95. The van der Waals surface area contributed by atoms with Crippen molar-refractivity contribution in [3.05, 3.63) is 59.8 Å². The normalized spacial score (nSPS) is 20.7. The van der Waals surface area contributed by atoms with Crippen LogP contribution in [-0.2, 0) is 0 Å². The zero-order valence-electron chi connectivity index (χ0n) is 14.4. The third kappa shape index (κ3) is 3.51. The van der Waals surface area contributed by atoms with Gasteiger partial charge in [0.05, 0.1) is 0 Å². The number of amides is 1. The first-order valence-corrected chi connectivity index (χ1v) is 9.10.